The number of ether oxygens (including phenoxy) is 2. The van der Waals surface area contributed by atoms with Crippen molar-refractivity contribution in [1.82, 2.24) is 4.90 Å². The third kappa shape index (κ3) is 3.64. The second-order valence-corrected chi connectivity index (χ2v) is 6.12. The van der Waals surface area contributed by atoms with Crippen LogP contribution in [0.5, 0.6) is 5.75 Å². The van der Waals surface area contributed by atoms with Crippen molar-refractivity contribution in [2.45, 2.75) is 32.4 Å². The van der Waals surface area contributed by atoms with Gasteiger partial charge in [-0.15, -0.1) is 0 Å². The lowest BCUT2D eigenvalue weighted by molar-refractivity contribution is -0.154. The first-order chi connectivity index (χ1) is 9.38. The maximum Gasteiger partial charge on any atom is 0.261 e. The molecular formula is C15H20ClNO3. The van der Waals surface area contributed by atoms with Crippen molar-refractivity contribution in [3.05, 3.63) is 29.3 Å². The van der Waals surface area contributed by atoms with Crippen LogP contribution in [0.25, 0.3) is 0 Å². The van der Waals surface area contributed by atoms with Crippen molar-refractivity contribution in [1.29, 1.82) is 0 Å². The van der Waals surface area contributed by atoms with Gasteiger partial charge in [0.25, 0.3) is 5.91 Å². The molecule has 0 spiro atoms. The normalized spacial score (nSPS) is 21.6. The first-order valence-corrected chi connectivity index (χ1v) is 7.07. The summed E-state index contributed by atoms with van der Waals surface area (Å²) in [5.74, 6) is 0.613. The first-order valence-electron chi connectivity index (χ1n) is 6.69. The van der Waals surface area contributed by atoms with Gasteiger partial charge in [-0.1, -0.05) is 11.6 Å². The van der Waals surface area contributed by atoms with Crippen LogP contribution in [0.15, 0.2) is 24.3 Å². The summed E-state index contributed by atoms with van der Waals surface area (Å²) in [5, 5.41) is 0.645. The number of hydrogen-bond acceptors (Lipinski definition) is 3. The molecule has 1 aromatic rings. The van der Waals surface area contributed by atoms with Crippen molar-refractivity contribution < 1.29 is 14.3 Å². The molecule has 5 heteroatoms. The Kier molecular flexibility index (Phi) is 4.55. The van der Waals surface area contributed by atoms with E-state index < -0.39 is 0 Å². The quantitative estimate of drug-likeness (QED) is 0.861. The number of amides is 1. The van der Waals surface area contributed by atoms with Crippen LogP contribution < -0.4 is 4.74 Å². The minimum Gasteiger partial charge on any atom is -0.484 e. The van der Waals surface area contributed by atoms with Crippen LogP contribution in [-0.2, 0) is 9.53 Å². The summed E-state index contributed by atoms with van der Waals surface area (Å²) < 4.78 is 11.1. The third-order valence-corrected chi connectivity index (χ3v) is 3.62. The highest BCUT2D eigenvalue weighted by molar-refractivity contribution is 6.30. The van der Waals surface area contributed by atoms with E-state index in [1.54, 1.807) is 24.3 Å². The Labute approximate surface area is 124 Å². The van der Waals surface area contributed by atoms with E-state index in [2.05, 4.69) is 0 Å². The fraction of sp³-hybridized carbons (Fsp3) is 0.533. The summed E-state index contributed by atoms with van der Waals surface area (Å²) in [4.78, 5) is 14.1. The molecule has 110 valence electrons. The topological polar surface area (TPSA) is 38.8 Å². The lowest BCUT2D eigenvalue weighted by Gasteiger charge is -2.44. The highest BCUT2D eigenvalue weighted by Gasteiger charge is 2.36. The lowest BCUT2D eigenvalue weighted by Crippen LogP contribution is -2.58. The minimum absolute atomic E-state index is 0.0256. The molecule has 1 aromatic carbocycles. The van der Waals surface area contributed by atoms with Crippen LogP contribution in [-0.4, -0.2) is 42.2 Å². The second kappa shape index (κ2) is 6.02. The van der Waals surface area contributed by atoms with E-state index in [1.165, 1.54) is 0 Å². The molecule has 1 unspecified atom stereocenters. The molecule has 0 aromatic heterocycles. The number of carbonyl (C=O) groups is 1. The second-order valence-electron chi connectivity index (χ2n) is 5.68. The van der Waals surface area contributed by atoms with Crippen LogP contribution in [0.1, 0.15) is 20.8 Å². The van der Waals surface area contributed by atoms with Crippen LogP contribution in [0.2, 0.25) is 5.02 Å². The summed E-state index contributed by atoms with van der Waals surface area (Å²) in [6, 6.07) is 6.98. The predicted octanol–water partition coefficient (Wildman–Crippen LogP) is 2.74. The molecule has 20 heavy (non-hydrogen) atoms. The molecule has 1 aliphatic rings. The Morgan fingerprint density at radius 2 is 2.10 bits per heavy atom. The van der Waals surface area contributed by atoms with E-state index >= 15 is 0 Å². The van der Waals surface area contributed by atoms with Crippen molar-refractivity contribution in [2.75, 3.05) is 19.8 Å². The van der Waals surface area contributed by atoms with Crippen molar-refractivity contribution in [3.8, 4) is 5.75 Å². The van der Waals surface area contributed by atoms with E-state index in [9.17, 15) is 4.79 Å². The number of carbonyl (C=O) groups excluding carboxylic acids is 1. The standard InChI is InChI=1S/C15H20ClNO3/c1-11-8-17(15(2,3)10-20-11)14(18)9-19-13-6-4-12(16)5-7-13/h4-7,11H,8-10H2,1-3H3. The van der Waals surface area contributed by atoms with Gasteiger partial charge in [-0.3, -0.25) is 4.79 Å². The molecule has 1 heterocycles. The van der Waals surface area contributed by atoms with Crippen molar-refractivity contribution >= 4 is 17.5 Å². The molecule has 0 N–H and O–H groups in total. The van der Waals surface area contributed by atoms with E-state index in [1.807, 2.05) is 25.7 Å². The molecule has 4 nitrogen and oxygen atoms in total. The average Bonchev–Trinajstić information content (AvgIpc) is 2.40. The highest BCUT2D eigenvalue weighted by Crippen LogP contribution is 2.22. The summed E-state index contributed by atoms with van der Waals surface area (Å²) in [6.07, 6.45) is 0.0579. The number of nitrogens with zero attached hydrogens (tertiary/aromatic N) is 1. The summed E-state index contributed by atoms with van der Waals surface area (Å²) >= 11 is 5.80. The van der Waals surface area contributed by atoms with Gasteiger partial charge in [0.1, 0.15) is 5.75 Å². The summed E-state index contributed by atoms with van der Waals surface area (Å²) in [7, 11) is 0. The average molecular weight is 298 g/mol. The highest BCUT2D eigenvalue weighted by atomic mass is 35.5. The SMILES string of the molecule is CC1CN(C(=O)COc2ccc(Cl)cc2)C(C)(C)CO1. The van der Waals surface area contributed by atoms with Gasteiger partial charge in [0.05, 0.1) is 18.2 Å². The van der Waals surface area contributed by atoms with Crippen LogP contribution in [0, 0.1) is 0 Å². The summed E-state index contributed by atoms with van der Waals surface area (Å²) in [5.41, 5.74) is -0.299. The van der Waals surface area contributed by atoms with Gasteiger partial charge in [-0.2, -0.15) is 0 Å². The Bertz CT molecular complexity index is 473. The Hall–Kier alpha value is -1.26. The molecular weight excluding hydrogens is 278 g/mol. The third-order valence-electron chi connectivity index (χ3n) is 3.37. The van der Waals surface area contributed by atoms with Gasteiger partial charge in [0.2, 0.25) is 0 Å². The smallest absolute Gasteiger partial charge is 0.261 e. The fourth-order valence-corrected chi connectivity index (χ4v) is 2.30. The molecule has 0 saturated carbocycles. The largest absolute Gasteiger partial charge is 0.484 e. The number of morpholine rings is 1. The zero-order valence-electron chi connectivity index (χ0n) is 12.1. The Morgan fingerprint density at radius 1 is 1.45 bits per heavy atom. The number of halogens is 1. The van der Waals surface area contributed by atoms with Gasteiger partial charge in [0.15, 0.2) is 6.61 Å². The first kappa shape index (κ1) is 15.1. The molecule has 0 bridgehead atoms. The maximum absolute atomic E-state index is 12.3. The van der Waals surface area contributed by atoms with Crippen molar-refractivity contribution in [2.24, 2.45) is 0 Å². The number of rotatable bonds is 3. The van der Waals surface area contributed by atoms with Gasteiger partial charge >= 0.3 is 0 Å². The molecule has 1 aliphatic heterocycles. The predicted molar refractivity (Wildman–Crippen MR) is 78.2 cm³/mol. The monoisotopic (exact) mass is 297 g/mol. The lowest BCUT2D eigenvalue weighted by atomic mass is 10.0. The van der Waals surface area contributed by atoms with E-state index in [4.69, 9.17) is 21.1 Å². The fourth-order valence-electron chi connectivity index (χ4n) is 2.17. The zero-order chi connectivity index (χ0) is 14.8. The van der Waals surface area contributed by atoms with Crippen molar-refractivity contribution in [3.63, 3.8) is 0 Å². The zero-order valence-corrected chi connectivity index (χ0v) is 12.8. The molecule has 0 aliphatic carbocycles. The number of benzene rings is 1. The Morgan fingerprint density at radius 3 is 2.75 bits per heavy atom. The van der Waals surface area contributed by atoms with Gasteiger partial charge < -0.3 is 14.4 Å². The molecule has 2 rings (SSSR count). The van der Waals surface area contributed by atoms with Crippen LogP contribution >= 0.6 is 11.6 Å². The van der Waals surface area contributed by atoms with Gasteiger partial charge in [-0.05, 0) is 45.0 Å². The van der Waals surface area contributed by atoms with E-state index in [-0.39, 0.29) is 24.2 Å². The maximum atomic E-state index is 12.3. The molecule has 1 amide bonds. The summed E-state index contributed by atoms with van der Waals surface area (Å²) in [6.45, 7) is 7.13. The van der Waals surface area contributed by atoms with Gasteiger partial charge in [0, 0.05) is 11.6 Å². The van der Waals surface area contributed by atoms with Crippen LogP contribution in [0.4, 0.5) is 0 Å². The molecule has 1 saturated heterocycles. The van der Waals surface area contributed by atoms with Gasteiger partial charge in [-0.25, -0.2) is 0 Å². The molecule has 1 fully saturated rings. The number of hydrogen-bond donors (Lipinski definition) is 0. The molecule has 0 radical (unpaired) electrons. The van der Waals surface area contributed by atoms with E-state index in [0.29, 0.717) is 23.9 Å². The van der Waals surface area contributed by atoms with Crippen LogP contribution in [0.3, 0.4) is 0 Å². The van der Waals surface area contributed by atoms with E-state index in [0.717, 1.165) is 0 Å². The molecule has 1 atom stereocenters. The minimum atomic E-state index is -0.299. The Balaban J connectivity index is 1.95.